The van der Waals surface area contributed by atoms with Crippen LogP contribution in [-0.2, 0) is 4.79 Å². The molecular formula is C11H9BrFN3OS. The van der Waals surface area contributed by atoms with Gasteiger partial charge in [0, 0.05) is 19.0 Å². The summed E-state index contributed by atoms with van der Waals surface area (Å²) >= 11 is 8.38. The van der Waals surface area contributed by atoms with Gasteiger partial charge in [0.15, 0.2) is 4.77 Å². The average Bonchev–Trinajstić information content (AvgIpc) is 2.83. The smallest absolute Gasteiger partial charge is 0.222 e. The number of benzene rings is 1. The minimum absolute atomic E-state index is 0.00571. The number of fused-ring (bicyclic) bond motifs is 1. The Kier molecular flexibility index (Phi) is 2.74. The molecule has 1 aliphatic heterocycles. The van der Waals surface area contributed by atoms with Crippen molar-refractivity contribution in [1.82, 2.24) is 14.9 Å². The third-order valence-corrected chi connectivity index (χ3v) is 3.99. The number of aromatic nitrogens is 2. The first-order valence-corrected chi connectivity index (χ1v) is 6.62. The molecule has 0 spiro atoms. The summed E-state index contributed by atoms with van der Waals surface area (Å²) in [6.45, 7) is 0.526. The molecule has 2 heterocycles. The first-order chi connectivity index (χ1) is 8.56. The number of nitrogens with zero attached hydrogens (tertiary/aromatic N) is 1. The van der Waals surface area contributed by atoms with Crippen molar-refractivity contribution in [3.8, 4) is 0 Å². The normalized spacial score (nSPS) is 19.4. The number of nitrogens with one attached hydrogen (secondary N) is 2. The van der Waals surface area contributed by atoms with Crippen molar-refractivity contribution in [1.29, 1.82) is 0 Å². The highest BCUT2D eigenvalue weighted by Gasteiger charge is 2.25. The predicted molar refractivity (Wildman–Crippen MR) is 71.4 cm³/mol. The van der Waals surface area contributed by atoms with Gasteiger partial charge in [-0.1, -0.05) is 0 Å². The van der Waals surface area contributed by atoms with Crippen molar-refractivity contribution in [3.63, 3.8) is 0 Å². The van der Waals surface area contributed by atoms with Gasteiger partial charge < -0.3 is 14.9 Å². The van der Waals surface area contributed by atoms with Crippen molar-refractivity contribution in [2.24, 2.45) is 0 Å². The van der Waals surface area contributed by atoms with Gasteiger partial charge in [0.2, 0.25) is 5.91 Å². The van der Waals surface area contributed by atoms with E-state index in [2.05, 4.69) is 26.2 Å². The second kappa shape index (κ2) is 4.17. The fourth-order valence-electron chi connectivity index (χ4n) is 2.26. The monoisotopic (exact) mass is 329 g/mol. The highest BCUT2D eigenvalue weighted by molar-refractivity contribution is 9.10. The molecule has 0 aliphatic carbocycles. The zero-order chi connectivity index (χ0) is 12.9. The fourth-order valence-corrected chi connectivity index (χ4v) is 2.96. The number of amides is 1. The highest BCUT2D eigenvalue weighted by atomic mass is 79.9. The maximum Gasteiger partial charge on any atom is 0.222 e. The van der Waals surface area contributed by atoms with Crippen LogP contribution in [0.1, 0.15) is 12.5 Å². The zero-order valence-corrected chi connectivity index (χ0v) is 11.6. The number of rotatable bonds is 1. The minimum atomic E-state index is -0.345. The molecule has 1 amide bonds. The van der Waals surface area contributed by atoms with Crippen LogP contribution in [-0.4, -0.2) is 22.0 Å². The largest absolute Gasteiger partial charge is 0.354 e. The van der Waals surface area contributed by atoms with E-state index in [0.717, 1.165) is 5.52 Å². The molecule has 94 valence electrons. The molecule has 4 nitrogen and oxygen atoms in total. The van der Waals surface area contributed by atoms with E-state index in [4.69, 9.17) is 12.2 Å². The van der Waals surface area contributed by atoms with Crippen LogP contribution in [0.5, 0.6) is 0 Å². The van der Waals surface area contributed by atoms with E-state index in [-0.39, 0.29) is 17.8 Å². The molecule has 0 saturated carbocycles. The summed E-state index contributed by atoms with van der Waals surface area (Å²) in [6.07, 6.45) is 0.374. The number of H-pyrrole nitrogens is 1. The first-order valence-electron chi connectivity index (χ1n) is 5.42. The Morgan fingerprint density at radius 1 is 1.50 bits per heavy atom. The molecule has 2 aromatic rings. The highest BCUT2D eigenvalue weighted by Crippen LogP contribution is 2.27. The zero-order valence-electron chi connectivity index (χ0n) is 9.17. The molecular weight excluding hydrogens is 321 g/mol. The van der Waals surface area contributed by atoms with Crippen LogP contribution in [0.15, 0.2) is 16.6 Å². The number of hydrogen-bond acceptors (Lipinski definition) is 2. The van der Waals surface area contributed by atoms with Crippen molar-refractivity contribution in [2.75, 3.05) is 6.54 Å². The van der Waals surface area contributed by atoms with Crippen molar-refractivity contribution < 1.29 is 9.18 Å². The summed E-state index contributed by atoms with van der Waals surface area (Å²) < 4.78 is 16.3. The van der Waals surface area contributed by atoms with E-state index in [0.29, 0.717) is 27.7 Å². The van der Waals surface area contributed by atoms with Gasteiger partial charge in [-0.15, -0.1) is 0 Å². The molecule has 3 rings (SSSR count). The maximum atomic E-state index is 13.6. The van der Waals surface area contributed by atoms with Gasteiger partial charge in [-0.3, -0.25) is 4.79 Å². The fraction of sp³-hybridized carbons (Fsp3) is 0.273. The number of carbonyl (C=O) groups excluding carboxylic acids is 1. The molecule has 1 atom stereocenters. The van der Waals surface area contributed by atoms with Crippen LogP contribution in [0, 0.1) is 10.6 Å². The van der Waals surface area contributed by atoms with Crippen LogP contribution in [0.4, 0.5) is 4.39 Å². The van der Waals surface area contributed by atoms with Crippen molar-refractivity contribution in [2.45, 2.75) is 12.5 Å². The van der Waals surface area contributed by atoms with Gasteiger partial charge in [-0.05, 0) is 34.2 Å². The van der Waals surface area contributed by atoms with Gasteiger partial charge in [-0.2, -0.15) is 0 Å². The van der Waals surface area contributed by atoms with Gasteiger partial charge in [0.05, 0.1) is 21.5 Å². The van der Waals surface area contributed by atoms with Crippen LogP contribution < -0.4 is 5.32 Å². The molecule has 2 N–H and O–H groups in total. The van der Waals surface area contributed by atoms with E-state index >= 15 is 0 Å². The minimum Gasteiger partial charge on any atom is -0.354 e. The first kappa shape index (κ1) is 11.9. The van der Waals surface area contributed by atoms with Crippen LogP contribution in [0.3, 0.4) is 0 Å². The summed E-state index contributed by atoms with van der Waals surface area (Å²) in [5.41, 5.74) is 1.44. The third kappa shape index (κ3) is 1.78. The summed E-state index contributed by atoms with van der Waals surface area (Å²) in [5, 5.41) is 2.75. The standard InChI is InChI=1S/C11H9BrFN3OS/c12-6-2-8-9(3-7(6)13)16(11(18)15-8)5-1-10(17)14-4-5/h2-3,5H,1,4H2,(H,14,17)(H,15,18). The Morgan fingerprint density at radius 2 is 2.28 bits per heavy atom. The summed E-state index contributed by atoms with van der Waals surface area (Å²) in [7, 11) is 0. The van der Waals surface area contributed by atoms with Gasteiger partial charge in [0.25, 0.3) is 0 Å². The Morgan fingerprint density at radius 3 is 2.94 bits per heavy atom. The lowest BCUT2D eigenvalue weighted by molar-refractivity contribution is -0.119. The van der Waals surface area contributed by atoms with Crippen LogP contribution in [0.25, 0.3) is 11.0 Å². The second-order valence-electron chi connectivity index (χ2n) is 4.25. The maximum absolute atomic E-state index is 13.6. The molecule has 0 bridgehead atoms. The topological polar surface area (TPSA) is 49.8 Å². The molecule has 1 fully saturated rings. The van der Waals surface area contributed by atoms with E-state index in [1.807, 2.05) is 0 Å². The Bertz CT molecular complexity index is 708. The number of imidazole rings is 1. The predicted octanol–water partition coefficient (Wildman–Crippen LogP) is 2.66. The lowest BCUT2D eigenvalue weighted by atomic mass is 10.2. The van der Waals surface area contributed by atoms with E-state index < -0.39 is 0 Å². The van der Waals surface area contributed by atoms with Gasteiger partial charge in [-0.25, -0.2) is 4.39 Å². The quantitative estimate of drug-likeness (QED) is 0.790. The Labute approximate surface area is 115 Å². The average molecular weight is 330 g/mol. The SMILES string of the molecule is O=C1CC(n2c(=S)[nH]c3cc(Br)c(F)cc32)CN1. The van der Waals surface area contributed by atoms with Crippen molar-refractivity contribution in [3.05, 3.63) is 27.2 Å². The Hall–Kier alpha value is -1.21. The third-order valence-electron chi connectivity index (χ3n) is 3.08. The molecule has 1 aromatic carbocycles. The number of halogens is 2. The molecule has 0 radical (unpaired) electrons. The Balaban J connectivity index is 2.22. The molecule has 18 heavy (non-hydrogen) atoms. The van der Waals surface area contributed by atoms with Crippen LogP contribution in [0.2, 0.25) is 0 Å². The van der Waals surface area contributed by atoms with E-state index in [1.165, 1.54) is 6.07 Å². The lowest BCUT2D eigenvalue weighted by Crippen LogP contribution is -2.15. The molecule has 1 unspecified atom stereocenters. The molecule has 1 aromatic heterocycles. The molecule has 1 aliphatic rings. The van der Waals surface area contributed by atoms with E-state index in [9.17, 15) is 9.18 Å². The molecule has 1 saturated heterocycles. The second-order valence-corrected chi connectivity index (χ2v) is 5.49. The summed E-state index contributed by atoms with van der Waals surface area (Å²) in [4.78, 5) is 14.3. The lowest BCUT2D eigenvalue weighted by Gasteiger charge is -2.10. The number of carbonyl (C=O) groups is 1. The number of hydrogen-bond donors (Lipinski definition) is 2. The summed E-state index contributed by atoms with van der Waals surface area (Å²) in [5.74, 6) is -0.351. The van der Waals surface area contributed by atoms with Crippen LogP contribution >= 0.6 is 28.1 Å². The van der Waals surface area contributed by atoms with E-state index in [1.54, 1.807) is 10.6 Å². The van der Waals surface area contributed by atoms with Crippen molar-refractivity contribution >= 4 is 45.1 Å². The molecule has 7 heteroatoms. The number of aromatic amines is 1. The van der Waals surface area contributed by atoms with Gasteiger partial charge >= 0.3 is 0 Å². The van der Waals surface area contributed by atoms with Gasteiger partial charge in [0.1, 0.15) is 5.82 Å². The summed E-state index contributed by atoms with van der Waals surface area (Å²) in [6, 6.07) is 3.02.